The summed E-state index contributed by atoms with van der Waals surface area (Å²) in [6.07, 6.45) is 0.583. The molecule has 0 atom stereocenters. The van der Waals surface area contributed by atoms with Gasteiger partial charge in [0.05, 0.1) is 5.75 Å². The van der Waals surface area contributed by atoms with Crippen molar-refractivity contribution in [2.45, 2.75) is 18.6 Å². The van der Waals surface area contributed by atoms with Gasteiger partial charge in [-0.15, -0.1) is 0 Å². The lowest BCUT2D eigenvalue weighted by Gasteiger charge is -2.30. The molecule has 1 saturated heterocycles. The second-order valence-corrected chi connectivity index (χ2v) is 9.53. The molecule has 1 aliphatic rings. The molecule has 1 amide bonds. The fourth-order valence-corrected chi connectivity index (χ4v) is 5.16. The third kappa shape index (κ3) is 4.95. The van der Waals surface area contributed by atoms with Gasteiger partial charge in [0.2, 0.25) is 15.9 Å². The molecular weight excluding hydrogens is 454 g/mol. The van der Waals surface area contributed by atoms with Crippen LogP contribution >= 0.6 is 15.9 Å². The van der Waals surface area contributed by atoms with E-state index in [9.17, 15) is 22.0 Å². The van der Waals surface area contributed by atoms with Crippen molar-refractivity contribution >= 4 is 37.5 Å². The van der Waals surface area contributed by atoms with E-state index in [2.05, 4.69) is 21.2 Å². The number of carbonyl (C=O) groups is 1. The van der Waals surface area contributed by atoms with Crippen LogP contribution in [0.5, 0.6) is 0 Å². The van der Waals surface area contributed by atoms with Gasteiger partial charge < -0.3 is 5.32 Å². The number of anilines is 1. The summed E-state index contributed by atoms with van der Waals surface area (Å²) in [5.41, 5.74) is 0.196. The first kappa shape index (κ1) is 20.9. The van der Waals surface area contributed by atoms with Crippen LogP contribution in [0, 0.1) is 17.6 Å². The van der Waals surface area contributed by atoms with Crippen molar-refractivity contribution in [3.63, 3.8) is 0 Å². The zero-order chi connectivity index (χ0) is 20.3. The van der Waals surface area contributed by atoms with Crippen LogP contribution in [-0.4, -0.2) is 31.7 Å². The van der Waals surface area contributed by atoms with Crippen LogP contribution in [0.4, 0.5) is 14.5 Å². The molecule has 0 aliphatic carbocycles. The zero-order valence-corrected chi connectivity index (χ0v) is 17.3. The normalized spacial score (nSPS) is 16.1. The molecule has 2 aromatic carbocycles. The monoisotopic (exact) mass is 472 g/mol. The molecule has 28 heavy (non-hydrogen) atoms. The van der Waals surface area contributed by atoms with E-state index < -0.39 is 39.2 Å². The van der Waals surface area contributed by atoms with E-state index in [4.69, 9.17) is 0 Å². The van der Waals surface area contributed by atoms with Crippen LogP contribution in [0.25, 0.3) is 0 Å². The van der Waals surface area contributed by atoms with Gasteiger partial charge in [0.1, 0.15) is 17.3 Å². The molecular formula is C19H19BrF2N2O3S. The van der Waals surface area contributed by atoms with Gasteiger partial charge in [0, 0.05) is 23.5 Å². The van der Waals surface area contributed by atoms with Gasteiger partial charge in [0.15, 0.2) is 0 Å². The number of sulfonamides is 1. The number of hydrogen-bond donors (Lipinski definition) is 1. The average Bonchev–Trinajstić information content (AvgIpc) is 2.64. The van der Waals surface area contributed by atoms with Crippen LogP contribution in [-0.2, 0) is 20.6 Å². The number of para-hydroxylation sites is 1. The summed E-state index contributed by atoms with van der Waals surface area (Å²) < 4.78 is 54.8. The van der Waals surface area contributed by atoms with Gasteiger partial charge in [-0.1, -0.05) is 34.1 Å². The van der Waals surface area contributed by atoms with Crippen LogP contribution in [0.2, 0.25) is 0 Å². The molecule has 0 aromatic heterocycles. The number of benzene rings is 2. The Balaban J connectivity index is 1.60. The van der Waals surface area contributed by atoms with Crippen LogP contribution < -0.4 is 5.32 Å². The molecule has 1 N–H and O–H groups in total. The Labute approximate surface area is 170 Å². The number of carbonyl (C=O) groups excluding carboxylic acids is 1. The second kappa shape index (κ2) is 8.67. The first-order valence-corrected chi connectivity index (χ1v) is 11.1. The molecule has 0 unspecified atom stereocenters. The fraction of sp³-hybridized carbons (Fsp3) is 0.316. The predicted octanol–water partition coefficient (Wildman–Crippen LogP) is 3.91. The van der Waals surface area contributed by atoms with Gasteiger partial charge in [-0.25, -0.2) is 21.5 Å². The van der Waals surface area contributed by atoms with Crippen molar-refractivity contribution in [1.82, 2.24) is 4.31 Å². The van der Waals surface area contributed by atoms with Crippen molar-refractivity contribution in [2.75, 3.05) is 18.4 Å². The summed E-state index contributed by atoms with van der Waals surface area (Å²) in [7, 11) is -3.51. The highest BCUT2D eigenvalue weighted by atomic mass is 79.9. The Kier molecular flexibility index (Phi) is 6.47. The minimum absolute atomic E-state index is 0.121. The summed E-state index contributed by atoms with van der Waals surface area (Å²) in [6.45, 7) is 0.377. The Morgan fingerprint density at radius 3 is 2.32 bits per heavy atom. The maximum atomic E-state index is 13.7. The standard InChI is InChI=1S/C19H19BrF2N2O3S/c20-15-4-1-3-13(11-15)12-28(26,27)24-9-7-14(8-10-24)19(25)23-18-16(21)5-2-6-17(18)22/h1-6,11,14H,7-10,12H2,(H,23,25). The predicted molar refractivity (Wildman–Crippen MR) is 106 cm³/mol. The summed E-state index contributed by atoms with van der Waals surface area (Å²) >= 11 is 3.32. The molecule has 5 nitrogen and oxygen atoms in total. The number of halogens is 3. The van der Waals surface area contributed by atoms with Gasteiger partial charge in [-0.3, -0.25) is 4.79 Å². The van der Waals surface area contributed by atoms with Gasteiger partial charge >= 0.3 is 0 Å². The van der Waals surface area contributed by atoms with E-state index in [1.54, 1.807) is 18.2 Å². The minimum atomic E-state index is -3.51. The summed E-state index contributed by atoms with van der Waals surface area (Å²) in [4.78, 5) is 12.3. The van der Waals surface area contributed by atoms with E-state index in [0.29, 0.717) is 18.4 Å². The van der Waals surface area contributed by atoms with Gasteiger partial charge in [0.25, 0.3) is 0 Å². The molecule has 1 aliphatic heterocycles. The Morgan fingerprint density at radius 1 is 1.11 bits per heavy atom. The first-order chi connectivity index (χ1) is 13.3. The quantitative estimate of drug-likeness (QED) is 0.717. The summed E-state index contributed by atoms with van der Waals surface area (Å²) in [5.74, 6) is -2.82. The topological polar surface area (TPSA) is 66.5 Å². The molecule has 0 bridgehead atoms. The van der Waals surface area contributed by atoms with E-state index in [1.807, 2.05) is 6.07 Å². The van der Waals surface area contributed by atoms with Gasteiger partial charge in [-0.05, 0) is 42.7 Å². The molecule has 150 valence electrons. The van der Waals surface area contributed by atoms with Crippen molar-refractivity contribution in [1.29, 1.82) is 0 Å². The second-order valence-electron chi connectivity index (χ2n) is 6.65. The maximum Gasteiger partial charge on any atom is 0.227 e. The Bertz CT molecular complexity index is 957. The molecule has 0 saturated carbocycles. The largest absolute Gasteiger partial charge is 0.321 e. The average molecular weight is 473 g/mol. The molecule has 0 radical (unpaired) electrons. The summed E-state index contributed by atoms with van der Waals surface area (Å²) in [6, 6.07) is 10.4. The highest BCUT2D eigenvalue weighted by molar-refractivity contribution is 9.10. The Morgan fingerprint density at radius 2 is 1.71 bits per heavy atom. The molecule has 2 aromatic rings. The number of piperidine rings is 1. The van der Waals surface area contributed by atoms with Crippen molar-refractivity contribution in [3.05, 3.63) is 64.1 Å². The van der Waals surface area contributed by atoms with Crippen molar-refractivity contribution < 1.29 is 22.0 Å². The number of hydrogen-bond acceptors (Lipinski definition) is 3. The molecule has 1 fully saturated rings. The molecule has 9 heteroatoms. The maximum absolute atomic E-state index is 13.7. The van der Waals surface area contributed by atoms with Crippen molar-refractivity contribution in [3.8, 4) is 0 Å². The highest BCUT2D eigenvalue weighted by Gasteiger charge is 2.31. The number of amides is 1. The lowest BCUT2D eigenvalue weighted by molar-refractivity contribution is -0.121. The smallest absolute Gasteiger partial charge is 0.227 e. The van der Waals surface area contributed by atoms with Crippen LogP contribution in [0.3, 0.4) is 0 Å². The number of nitrogens with zero attached hydrogens (tertiary/aromatic N) is 1. The van der Waals surface area contributed by atoms with Crippen LogP contribution in [0.1, 0.15) is 18.4 Å². The lowest BCUT2D eigenvalue weighted by atomic mass is 9.97. The summed E-state index contributed by atoms with van der Waals surface area (Å²) in [5, 5.41) is 2.29. The highest BCUT2D eigenvalue weighted by Crippen LogP contribution is 2.25. The molecule has 3 rings (SSSR count). The SMILES string of the molecule is O=C(Nc1c(F)cccc1F)C1CCN(S(=O)(=O)Cc2cccc(Br)c2)CC1. The van der Waals surface area contributed by atoms with Crippen LogP contribution in [0.15, 0.2) is 46.9 Å². The third-order valence-corrected chi connectivity index (χ3v) is 7.01. The Hall–Kier alpha value is -1.84. The lowest BCUT2D eigenvalue weighted by Crippen LogP contribution is -2.42. The third-order valence-electron chi connectivity index (χ3n) is 4.67. The zero-order valence-electron chi connectivity index (χ0n) is 14.9. The van der Waals surface area contributed by atoms with E-state index in [-0.39, 0.29) is 18.8 Å². The minimum Gasteiger partial charge on any atom is -0.321 e. The number of rotatable bonds is 5. The van der Waals surface area contributed by atoms with E-state index >= 15 is 0 Å². The van der Waals surface area contributed by atoms with Gasteiger partial charge in [-0.2, -0.15) is 0 Å². The number of nitrogens with one attached hydrogen (secondary N) is 1. The molecule has 0 spiro atoms. The van der Waals surface area contributed by atoms with E-state index in [0.717, 1.165) is 16.6 Å². The fourth-order valence-electron chi connectivity index (χ4n) is 3.17. The first-order valence-electron chi connectivity index (χ1n) is 8.73. The van der Waals surface area contributed by atoms with Crippen molar-refractivity contribution in [2.24, 2.45) is 5.92 Å². The van der Waals surface area contributed by atoms with E-state index in [1.165, 1.54) is 10.4 Å². The molecule has 1 heterocycles.